The lowest BCUT2D eigenvalue weighted by atomic mass is 10.1. The van der Waals surface area contributed by atoms with E-state index in [-0.39, 0.29) is 6.10 Å². The molecule has 15 heavy (non-hydrogen) atoms. The predicted octanol–water partition coefficient (Wildman–Crippen LogP) is 1.21. The molecular formula is C11H21N3O. The Hall–Kier alpha value is -0.870. The number of aromatic amines is 1. The van der Waals surface area contributed by atoms with E-state index in [0.717, 1.165) is 17.8 Å². The third-order valence-electron chi connectivity index (χ3n) is 2.35. The molecule has 0 fully saturated rings. The van der Waals surface area contributed by atoms with Crippen molar-refractivity contribution in [3.8, 4) is 0 Å². The Balaban J connectivity index is 2.19. The van der Waals surface area contributed by atoms with Gasteiger partial charge in [-0.25, -0.2) is 4.98 Å². The monoisotopic (exact) mass is 211 g/mol. The molecule has 0 aliphatic rings. The van der Waals surface area contributed by atoms with Crippen LogP contribution in [0.15, 0.2) is 6.33 Å². The van der Waals surface area contributed by atoms with Crippen LogP contribution in [0.25, 0.3) is 0 Å². The maximum atomic E-state index is 9.63. The van der Waals surface area contributed by atoms with Gasteiger partial charge in [0.1, 0.15) is 0 Å². The van der Waals surface area contributed by atoms with Crippen LogP contribution in [-0.4, -0.2) is 27.7 Å². The highest BCUT2D eigenvalue weighted by Crippen LogP contribution is 2.04. The second kappa shape index (κ2) is 5.88. The normalized spacial score (nSPS) is 13.4. The van der Waals surface area contributed by atoms with Crippen LogP contribution in [0.5, 0.6) is 0 Å². The van der Waals surface area contributed by atoms with Crippen molar-refractivity contribution in [2.75, 3.05) is 6.54 Å². The number of nitrogens with zero attached hydrogens (tertiary/aromatic N) is 1. The van der Waals surface area contributed by atoms with Crippen LogP contribution in [0.2, 0.25) is 0 Å². The van der Waals surface area contributed by atoms with Crippen LogP contribution in [0.4, 0.5) is 0 Å². The number of hydrogen-bond acceptors (Lipinski definition) is 3. The maximum Gasteiger partial charge on any atom is 0.0925 e. The molecule has 4 heteroatoms. The van der Waals surface area contributed by atoms with E-state index in [4.69, 9.17) is 0 Å². The lowest BCUT2D eigenvalue weighted by Crippen LogP contribution is -2.27. The van der Waals surface area contributed by atoms with E-state index in [1.54, 1.807) is 6.33 Å². The summed E-state index contributed by atoms with van der Waals surface area (Å²) in [6, 6.07) is 0. The molecule has 0 saturated carbocycles. The van der Waals surface area contributed by atoms with Gasteiger partial charge in [0.2, 0.25) is 0 Å². The summed E-state index contributed by atoms with van der Waals surface area (Å²) in [5, 5.41) is 12.8. The summed E-state index contributed by atoms with van der Waals surface area (Å²) in [5.41, 5.74) is 2.10. The number of aliphatic hydroxyl groups is 1. The molecule has 0 aromatic carbocycles. The number of aromatic nitrogens is 2. The zero-order valence-electron chi connectivity index (χ0n) is 9.75. The minimum atomic E-state index is -0.260. The van der Waals surface area contributed by atoms with E-state index in [1.165, 1.54) is 0 Å². The molecule has 1 rings (SSSR count). The van der Waals surface area contributed by atoms with Crippen molar-refractivity contribution in [1.29, 1.82) is 0 Å². The largest absolute Gasteiger partial charge is 0.392 e. The van der Waals surface area contributed by atoms with Crippen LogP contribution in [-0.2, 0) is 6.54 Å². The van der Waals surface area contributed by atoms with Crippen LogP contribution in [0.3, 0.4) is 0 Å². The lowest BCUT2D eigenvalue weighted by molar-refractivity contribution is 0.146. The summed E-state index contributed by atoms with van der Waals surface area (Å²) in [7, 11) is 0. The fourth-order valence-corrected chi connectivity index (χ4v) is 1.55. The first kappa shape index (κ1) is 12.2. The van der Waals surface area contributed by atoms with Crippen molar-refractivity contribution >= 4 is 0 Å². The molecule has 1 unspecified atom stereocenters. The van der Waals surface area contributed by atoms with E-state index < -0.39 is 0 Å². The smallest absolute Gasteiger partial charge is 0.0925 e. The number of imidazole rings is 1. The molecule has 1 heterocycles. The second-order valence-corrected chi connectivity index (χ2v) is 4.39. The van der Waals surface area contributed by atoms with E-state index >= 15 is 0 Å². The van der Waals surface area contributed by atoms with Crippen LogP contribution in [0, 0.1) is 12.8 Å². The Bertz CT molecular complexity index is 283. The van der Waals surface area contributed by atoms with Crippen molar-refractivity contribution in [2.45, 2.75) is 39.8 Å². The Morgan fingerprint density at radius 2 is 2.27 bits per heavy atom. The lowest BCUT2D eigenvalue weighted by Gasteiger charge is -2.13. The van der Waals surface area contributed by atoms with Crippen LogP contribution < -0.4 is 5.32 Å². The Morgan fingerprint density at radius 3 is 2.80 bits per heavy atom. The standard InChI is InChI=1S/C11H21N3O/c1-8(2)4-10(15)5-12-6-11-9(3)13-7-14-11/h7-8,10,12,15H,4-6H2,1-3H3,(H,13,14). The summed E-state index contributed by atoms with van der Waals surface area (Å²) < 4.78 is 0. The molecule has 3 N–H and O–H groups in total. The molecule has 0 saturated heterocycles. The molecule has 1 atom stereocenters. The predicted molar refractivity (Wildman–Crippen MR) is 60.5 cm³/mol. The van der Waals surface area contributed by atoms with Gasteiger partial charge in [-0.05, 0) is 19.3 Å². The molecule has 4 nitrogen and oxygen atoms in total. The molecule has 1 aromatic rings. The number of hydrogen-bond donors (Lipinski definition) is 3. The zero-order chi connectivity index (χ0) is 11.3. The SMILES string of the molecule is Cc1[nH]cnc1CNCC(O)CC(C)C. The van der Waals surface area contributed by atoms with Crippen LogP contribution >= 0.6 is 0 Å². The topological polar surface area (TPSA) is 60.9 Å². The minimum absolute atomic E-state index is 0.260. The molecule has 0 bridgehead atoms. The quantitative estimate of drug-likeness (QED) is 0.663. The maximum absolute atomic E-state index is 9.63. The highest BCUT2D eigenvalue weighted by molar-refractivity contribution is 5.07. The zero-order valence-corrected chi connectivity index (χ0v) is 9.75. The molecule has 0 aliphatic carbocycles. The van der Waals surface area contributed by atoms with Gasteiger partial charge >= 0.3 is 0 Å². The van der Waals surface area contributed by atoms with Crippen LogP contribution in [0.1, 0.15) is 31.7 Å². The van der Waals surface area contributed by atoms with Gasteiger partial charge in [0.25, 0.3) is 0 Å². The molecule has 1 aromatic heterocycles. The van der Waals surface area contributed by atoms with E-state index in [0.29, 0.717) is 19.0 Å². The van der Waals surface area contributed by atoms with E-state index in [2.05, 4.69) is 29.1 Å². The van der Waals surface area contributed by atoms with Crippen molar-refractivity contribution in [3.63, 3.8) is 0 Å². The van der Waals surface area contributed by atoms with Crippen molar-refractivity contribution < 1.29 is 5.11 Å². The first-order chi connectivity index (χ1) is 7.09. The van der Waals surface area contributed by atoms with E-state index in [1.807, 2.05) is 6.92 Å². The molecular weight excluding hydrogens is 190 g/mol. The summed E-state index contributed by atoms with van der Waals surface area (Å²) in [5.74, 6) is 0.536. The average molecular weight is 211 g/mol. The third kappa shape index (κ3) is 4.44. The first-order valence-corrected chi connectivity index (χ1v) is 5.47. The minimum Gasteiger partial charge on any atom is -0.392 e. The van der Waals surface area contributed by atoms with Gasteiger partial charge in [0.05, 0.1) is 18.1 Å². The summed E-state index contributed by atoms with van der Waals surface area (Å²) in [4.78, 5) is 7.20. The van der Waals surface area contributed by atoms with Gasteiger partial charge in [0, 0.05) is 18.8 Å². The van der Waals surface area contributed by atoms with Gasteiger partial charge in [0.15, 0.2) is 0 Å². The number of aryl methyl sites for hydroxylation is 1. The van der Waals surface area contributed by atoms with E-state index in [9.17, 15) is 5.11 Å². The summed E-state index contributed by atoms with van der Waals surface area (Å²) in [6.07, 6.45) is 2.27. The van der Waals surface area contributed by atoms with Gasteiger partial charge in [-0.2, -0.15) is 0 Å². The molecule has 0 aliphatic heterocycles. The van der Waals surface area contributed by atoms with Crippen molar-refractivity contribution in [3.05, 3.63) is 17.7 Å². The highest BCUT2D eigenvalue weighted by Gasteiger charge is 2.07. The average Bonchev–Trinajstić information content (AvgIpc) is 2.50. The Labute approximate surface area is 91.1 Å². The highest BCUT2D eigenvalue weighted by atomic mass is 16.3. The fraction of sp³-hybridized carbons (Fsp3) is 0.727. The van der Waals surface area contributed by atoms with Crippen molar-refractivity contribution in [1.82, 2.24) is 15.3 Å². The molecule has 0 radical (unpaired) electrons. The van der Waals surface area contributed by atoms with Gasteiger partial charge in [-0.1, -0.05) is 13.8 Å². The molecule has 0 amide bonds. The second-order valence-electron chi connectivity index (χ2n) is 4.39. The fourth-order valence-electron chi connectivity index (χ4n) is 1.55. The molecule has 86 valence electrons. The number of rotatable bonds is 6. The first-order valence-electron chi connectivity index (χ1n) is 5.47. The van der Waals surface area contributed by atoms with Gasteiger partial charge < -0.3 is 15.4 Å². The number of nitrogens with one attached hydrogen (secondary N) is 2. The Kier molecular flexibility index (Phi) is 4.78. The summed E-state index contributed by atoms with van der Waals surface area (Å²) in [6.45, 7) is 7.56. The summed E-state index contributed by atoms with van der Waals surface area (Å²) >= 11 is 0. The third-order valence-corrected chi connectivity index (χ3v) is 2.35. The van der Waals surface area contributed by atoms with Gasteiger partial charge in [-0.15, -0.1) is 0 Å². The van der Waals surface area contributed by atoms with Gasteiger partial charge in [-0.3, -0.25) is 0 Å². The molecule has 0 spiro atoms. The number of aliphatic hydroxyl groups excluding tert-OH is 1. The number of H-pyrrole nitrogens is 1. The van der Waals surface area contributed by atoms with Crippen molar-refractivity contribution in [2.24, 2.45) is 5.92 Å². The Morgan fingerprint density at radius 1 is 1.53 bits per heavy atom.